The van der Waals surface area contributed by atoms with Gasteiger partial charge in [0.2, 0.25) is 5.91 Å². The Balaban J connectivity index is 1.58. The number of methoxy groups -OCH3 is 1. The second-order valence-corrected chi connectivity index (χ2v) is 8.27. The van der Waals surface area contributed by atoms with Gasteiger partial charge in [0.25, 0.3) is 0 Å². The van der Waals surface area contributed by atoms with Crippen LogP contribution >= 0.6 is 11.3 Å². The first kappa shape index (κ1) is 21.6. The summed E-state index contributed by atoms with van der Waals surface area (Å²) in [5.41, 5.74) is 2.11. The van der Waals surface area contributed by atoms with Gasteiger partial charge >= 0.3 is 5.97 Å². The number of carbonyl (C=O) groups is 2. The molecule has 0 aliphatic rings. The first-order chi connectivity index (χ1) is 15.3. The number of nitrogens with one attached hydrogen (secondary N) is 2. The fourth-order valence-corrected chi connectivity index (χ4v) is 4.13. The summed E-state index contributed by atoms with van der Waals surface area (Å²) in [6.45, 7) is 3.69. The molecule has 1 aromatic carbocycles. The van der Waals surface area contributed by atoms with Crippen LogP contribution in [0, 0.1) is 17.6 Å². The smallest absolute Gasteiger partial charge is 0.354 e. The summed E-state index contributed by atoms with van der Waals surface area (Å²) >= 11 is 1.22. The van der Waals surface area contributed by atoms with E-state index in [0.717, 1.165) is 12.1 Å². The van der Waals surface area contributed by atoms with E-state index >= 15 is 0 Å². The molecule has 0 fully saturated rings. The lowest BCUT2D eigenvalue weighted by Gasteiger charge is -2.22. The number of esters is 1. The minimum Gasteiger partial charge on any atom is -0.464 e. The Morgan fingerprint density at radius 2 is 1.97 bits per heavy atom. The van der Waals surface area contributed by atoms with Gasteiger partial charge in [0.1, 0.15) is 11.7 Å². The highest BCUT2D eigenvalue weighted by Crippen LogP contribution is 2.29. The molecule has 1 amide bonds. The molecule has 0 saturated carbocycles. The number of aromatic nitrogens is 4. The topological polar surface area (TPSA) is 102 Å². The van der Waals surface area contributed by atoms with Crippen LogP contribution < -0.4 is 5.32 Å². The number of halogens is 2. The number of thiazole rings is 1. The molecule has 0 radical (unpaired) electrons. The van der Waals surface area contributed by atoms with Gasteiger partial charge in [0, 0.05) is 29.3 Å². The summed E-state index contributed by atoms with van der Waals surface area (Å²) in [6, 6.07) is 2.92. The van der Waals surface area contributed by atoms with Crippen LogP contribution in [0.15, 0.2) is 36.1 Å². The zero-order valence-corrected chi connectivity index (χ0v) is 18.2. The van der Waals surface area contributed by atoms with E-state index in [-0.39, 0.29) is 23.0 Å². The van der Waals surface area contributed by atoms with Gasteiger partial charge in [-0.2, -0.15) is 0 Å². The molecular weight excluding hydrogens is 440 g/mol. The molecular formula is C21H19F2N5O3S. The van der Waals surface area contributed by atoms with E-state index in [4.69, 9.17) is 0 Å². The minimum atomic E-state index is -1.01. The molecule has 8 nitrogen and oxygen atoms in total. The Hall–Kier alpha value is -3.60. The Labute approximate surface area is 185 Å². The van der Waals surface area contributed by atoms with E-state index in [1.165, 1.54) is 29.3 Å². The Morgan fingerprint density at radius 1 is 1.22 bits per heavy atom. The Bertz CT molecular complexity index is 1310. The summed E-state index contributed by atoms with van der Waals surface area (Å²) in [6.07, 6.45) is 3.02. The molecule has 11 heteroatoms. The van der Waals surface area contributed by atoms with E-state index in [1.807, 2.05) is 13.8 Å². The van der Waals surface area contributed by atoms with E-state index in [2.05, 4.69) is 25.0 Å². The first-order valence-corrected chi connectivity index (χ1v) is 10.5. The van der Waals surface area contributed by atoms with Gasteiger partial charge in [-0.1, -0.05) is 13.8 Å². The van der Waals surface area contributed by atoms with Gasteiger partial charge in [-0.05, 0) is 12.0 Å². The number of benzene rings is 1. The fourth-order valence-electron chi connectivity index (χ4n) is 3.41. The predicted octanol–water partition coefficient (Wildman–Crippen LogP) is 4.39. The molecule has 2 N–H and O–H groups in total. The van der Waals surface area contributed by atoms with Crippen LogP contribution in [-0.2, 0) is 9.53 Å². The second-order valence-electron chi connectivity index (χ2n) is 7.42. The Morgan fingerprint density at radius 3 is 2.69 bits per heavy atom. The van der Waals surface area contributed by atoms with Crippen LogP contribution in [0.25, 0.3) is 22.3 Å². The fraction of sp³-hybridized carbons (Fsp3) is 0.238. The number of anilines is 1. The molecule has 1 atom stereocenters. The average Bonchev–Trinajstić information content (AvgIpc) is 3.48. The molecule has 0 bridgehead atoms. The first-order valence-electron chi connectivity index (χ1n) is 9.63. The molecule has 3 heterocycles. The molecule has 0 aliphatic heterocycles. The third-order valence-corrected chi connectivity index (χ3v) is 5.69. The molecule has 166 valence electrons. The molecule has 4 aromatic rings. The molecule has 3 aromatic heterocycles. The summed E-state index contributed by atoms with van der Waals surface area (Å²) in [7, 11) is 1.29. The van der Waals surface area contributed by atoms with Crippen molar-refractivity contribution in [1.82, 2.24) is 19.5 Å². The minimum absolute atomic E-state index is 0.174. The van der Waals surface area contributed by atoms with Crippen molar-refractivity contribution < 1.29 is 23.1 Å². The van der Waals surface area contributed by atoms with Crippen LogP contribution in [0.4, 0.5) is 13.9 Å². The van der Waals surface area contributed by atoms with Crippen molar-refractivity contribution in [3.8, 4) is 11.3 Å². The number of rotatable bonds is 6. The highest BCUT2D eigenvalue weighted by molar-refractivity contribution is 7.14. The van der Waals surface area contributed by atoms with Crippen molar-refractivity contribution in [2.24, 2.45) is 5.92 Å². The molecule has 4 rings (SSSR count). The van der Waals surface area contributed by atoms with Gasteiger partial charge in [-0.3, -0.25) is 4.79 Å². The number of amides is 1. The second kappa shape index (κ2) is 8.50. The van der Waals surface area contributed by atoms with Crippen LogP contribution in [0.2, 0.25) is 0 Å². The molecule has 0 aliphatic carbocycles. The third-order valence-electron chi connectivity index (χ3n) is 4.94. The predicted molar refractivity (Wildman–Crippen MR) is 115 cm³/mol. The van der Waals surface area contributed by atoms with Crippen LogP contribution in [0.5, 0.6) is 0 Å². The maximum absolute atomic E-state index is 13.8. The highest BCUT2D eigenvalue weighted by Gasteiger charge is 2.27. The van der Waals surface area contributed by atoms with Crippen LogP contribution in [0.1, 0.15) is 30.4 Å². The third kappa shape index (κ3) is 3.98. The van der Waals surface area contributed by atoms with Crippen LogP contribution in [0.3, 0.4) is 0 Å². The van der Waals surface area contributed by atoms with Crippen molar-refractivity contribution in [3.63, 3.8) is 0 Å². The summed E-state index contributed by atoms with van der Waals surface area (Å²) in [4.78, 5) is 36.0. The lowest BCUT2D eigenvalue weighted by atomic mass is 10.0. The normalized spacial score (nSPS) is 12.3. The summed E-state index contributed by atoms with van der Waals surface area (Å²) < 4.78 is 33.5. The van der Waals surface area contributed by atoms with Crippen molar-refractivity contribution >= 4 is 39.4 Å². The number of aromatic amines is 1. The van der Waals surface area contributed by atoms with Crippen LogP contribution in [-0.4, -0.2) is 38.5 Å². The lowest BCUT2D eigenvalue weighted by molar-refractivity contribution is -0.120. The van der Waals surface area contributed by atoms with Gasteiger partial charge < -0.3 is 19.6 Å². The maximum Gasteiger partial charge on any atom is 0.354 e. The van der Waals surface area contributed by atoms with E-state index in [0.29, 0.717) is 21.9 Å². The van der Waals surface area contributed by atoms with Crippen molar-refractivity contribution in [3.05, 3.63) is 53.4 Å². The number of nitrogens with zero attached hydrogens (tertiary/aromatic N) is 3. The molecule has 0 saturated heterocycles. The largest absolute Gasteiger partial charge is 0.464 e. The zero-order chi connectivity index (χ0) is 23.0. The van der Waals surface area contributed by atoms with Gasteiger partial charge in [-0.15, -0.1) is 11.3 Å². The lowest BCUT2D eigenvalue weighted by Crippen LogP contribution is -2.29. The number of ether oxygens (including phenoxy) is 1. The molecule has 32 heavy (non-hydrogen) atoms. The van der Waals surface area contributed by atoms with Gasteiger partial charge in [-0.25, -0.2) is 23.5 Å². The number of hydrogen-bond acceptors (Lipinski definition) is 6. The van der Waals surface area contributed by atoms with Gasteiger partial charge in [0.15, 0.2) is 16.8 Å². The van der Waals surface area contributed by atoms with Crippen molar-refractivity contribution in [1.29, 1.82) is 0 Å². The SMILES string of the molecule is COC(=O)c1cc(-c2csc(NC(=O)C(C(C)C)n3cnc4cc(F)c(F)cc43)n2)c[nH]1. The zero-order valence-electron chi connectivity index (χ0n) is 17.3. The van der Waals surface area contributed by atoms with E-state index in [1.54, 1.807) is 17.6 Å². The number of H-pyrrole nitrogens is 1. The number of hydrogen-bond donors (Lipinski definition) is 2. The number of imidazole rings is 1. The summed E-state index contributed by atoms with van der Waals surface area (Å²) in [5.74, 6) is -3.04. The average molecular weight is 459 g/mol. The summed E-state index contributed by atoms with van der Waals surface area (Å²) in [5, 5.41) is 4.89. The Kier molecular flexibility index (Phi) is 5.74. The maximum atomic E-state index is 13.8. The number of carbonyl (C=O) groups excluding carboxylic acids is 2. The number of fused-ring (bicyclic) bond motifs is 1. The van der Waals surface area contributed by atoms with E-state index < -0.39 is 23.6 Å². The van der Waals surface area contributed by atoms with Crippen molar-refractivity contribution in [2.45, 2.75) is 19.9 Å². The van der Waals surface area contributed by atoms with Gasteiger partial charge in [0.05, 0.1) is 30.2 Å². The van der Waals surface area contributed by atoms with E-state index in [9.17, 15) is 18.4 Å². The standard InChI is InChI=1S/C21H19F2N5O3S/c1-10(2)18(28-9-25-14-5-12(22)13(23)6-17(14)28)19(29)27-21-26-16(8-32-21)11-4-15(24-7-11)20(30)31-3/h4-10,18,24H,1-3H3,(H,26,27,29). The molecule has 0 spiro atoms. The molecule has 1 unspecified atom stereocenters. The monoisotopic (exact) mass is 459 g/mol. The van der Waals surface area contributed by atoms with Crippen molar-refractivity contribution in [2.75, 3.05) is 12.4 Å². The highest BCUT2D eigenvalue weighted by atomic mass is 32.1. The quantitative estimate of drug-likeness (QED) is 0.417.